The van der Waals surface area contributed by atoms with Crippen LogP contribution in [0.2, 0.25) is 0 Å². The quantitative estimate of drug-likeness (QED) is 0.677. The van der Waals surface area contributed by atoms with Crippen molar-refractivity contribution in [2.45, 2.75) is 0 Å². The van der Waals surface area contributed by atoms with Crippen molar-refractivity contribution in [3.05, 3.63) is 56.0 Å². The second kappa shape index (κ2) is 5.59. The van der Waals surface area contributed by atoms with Gasteiger partial charge in [-0.05, 0) is 73.8 Å². The zero-order valence-electron chi connectivity index (χ0n) is 11.0. The maximum absolute atomic E-state index is 12.1. The van der Waals surface area contributed by atoms with E-state index in [-0.39, 0.29) is 11.7 Å². The molecule has 6 heteroatoms. The minimum Gasteiger partial charge on any atom is -0.506 e. The van der Waals surface area contributed by atoms with Gasteiger partial charge in [-0.3, -0.25) is 4.79 Å². The number of fused-ring (bicyclic) bond motifs is 1. The van der Waals surface area contributed by atoms with E-state index in [9.17, 15) is 9.90 Å². The van der Waals surface area contributed by atoms with E-state index in [1.54, 1.807) is 36.4 Å². The predicted octanol–water partition coefficient (Wildman–Crippen LogP) is 4.28. The molecule has 0 radical (unpaired) electrons. The van der Waals surface area contributed by atoms with Crippen LogP contribution in [0.1, 0.15) is 16.7 Å². The molecule has 22 heavy (non-hydrogen) atoms. The second-order valence-corrected chi connectivity index (χ2v) is 6.43. The fourth-order valence-corrected chi connectivity index (χ4v) is 3.46. The molecule has 2 aromatic rings. The highest BCUT2D eigenvalue weighted by atomic mass is 79.9. The zero-order valence-corrected chi connectivity index (χ0v) is 14.2. The van der Waals surface area contributed by atoms with Crippen molar-refractivity contribution < 1.29 is 9.90 Å². The Labute approximate surface area is 143 Å². The lowest BCUT2D eigenvalue weighted by atomic mass is 10.0. The summed E-state index contributed by atoms with van der Waals surface area (Å²) < 4.78 is 1.05. The third-order valence-corrected chi connectivity index (χ3v) is 4.49. The van der Waals surface area contributed by atoms with E-state index in [0.717, 1.165) is 5.56 Å². The number of hydrogen-bond acceptors (Lipinski definition) is 3. The highest BCUT2D eigenvalue weighted by molar-refractivity contribution is 9.11. The molecular weight excluding hydrogens is 412 g/mol. The van der Waals surface area contributed by atoms with Crippen LogP contribution < -0.4 is 5.32 Å². The van der Waals surface area contributed by atoms with Gasteiger partial charge in [-0.1, -0.05) is 0 Å². The molecule has 0 saturated heterocycles. The highest BCUT2D eigenvalue weighted by Gasteiger charge is 2.24. The molecule has 2 aromatic carbocycles. The Bertz CT molecular complexity index is 859. The highest BCUT2D eigenvalue weighted by Crippen LogP contribution is 2.37. The van der Waals surface area contributed by atoms with Crippen LogP contribution in [-0.2, 0) is 4.79 Å². The number of nitrogens with one attached hydrogen (secondary N) is 1. The van der Waals surface area contributed by atoms with Crippen molar-refractivity contribution in [3.8, 4) is 11.8 Å². The van der Waals surface area contributed by atoms with E-state index < -0.39 is 0 Å². The van der Waals surface area contributed by atoms with Gasteiger partial charge in [0.2, 0.25) is 0 Å². The summed E-state index contributed by atoms with van der Waals surface area (Å²) in [7, 11) is 0. The third kappa shape index (κ3) is 2.54. The first kappa shape index (κ1) is 14.8. The summed E-state index contributed by atoms with van der Waals surface area (Å²) >= 11 is 6.53. The Morgan fingerprint density at radius 3 is 2.50 bits per heavy atom. The maximum atomic E-state index is 12.1. The van der Waals surface area contributed by atoms with Crippen LogP contribution in [0.3, 0.4) is 0 Å². The molecule has 1 heterocycles. The number of rotatable bonds is 1. The second-order valence-electron chi connectivity index (χ2n) is 4.72. The van der Waals surface area contributed by atoms with Crippen LogP contribution in [0.15, 0.2) is 39.3 Å². The van der Waals surface area contributed by atoms with Gasteiger partial charge in [-0.15, -0.1) is 0 Å². The minimum absolute atomic E-state index is 0.102. The topological polar surface area (TPSA) is 73.1 Å². The van der Waals surface area contributed by atoms with Crippen LogP contribution in [0.25, 0.3) is 11.6 Å². The summed E-state index contributed by atoms with van der Waals surface area (Å²) in [5.41, 5.74) is 3.11. The molecule has 4 nitrogen and oxygen atoms in total. The first-order chi connectivity index (χ1) is 10.5. The molecule has 0 saturated carbocycles. The smallest absolute Gasteiger partial charge is 0.256 e. The molecule has 0 aromatic heterocycles. The molecule has 0 atom stereocenters. The monoisotopic (exact) mass is 418 g/mol. The van der Waals surface area contributed by atoms with Gasteiger partial charge < -0.3 is 10.4 Å². The van der Waals surface area contributed by atoms with Gasteiger partial charge in [0.1, 0.15) is 5.75 Å². The summed E-state index contributed by atoms with van der Waals surface area (Å²) in [5, 5.41) is 21.5. The van der Waals surface area contributed by atoms with Gasteiger partial charge in [0, 0.05) is 16.8 Å². The molecule has 2 N–H and O–H groups in total. The average molecular weight is 420 g/mol. The van der Waals surface area contributed by atoms with Gasteiger partial charge in [0.25, 0.3) is 5.91 Å². The SMILES string of the molecule is N#Cc1ccc2c(c1)C(=Cc1cc(Br)c(O)c(Br)c1)C(=O)N2. The minimum atomic E-state index is -0.217. The molecule has 108 valence electrons. The molecule has 0 fully saturated rings. The van der Waals surface area contributed by atoms with Crippen molar-refractivity contribution in [2.75, 3.05) is 5.32 Å². The van der Waals surface area contributed by atoms with Crippen molar-refractivity contribution in [3.63, 3.8) is 0 Å². The molecule has 0 spiro atoms. The number of carbonyl (C=O) groups excluding carboxylic acids is 1. The van der Waals surface area contributed by atoms with E-state index in [2.05, 4.69) is 43.2 Å². The first-order valence-electron chi connectivity index (χ1n) is 6.25. The number of hydrogen-bond donors (Lipinski definition) is 2. The van der Waals surface area contributed by atoms with Crippen LogP contribution in [-0.4, -0.2) is 11.0 Å². The first-order valence-corrected chi connectivity index (χ1v) is 7.84. The Morgan fingerprint density at radius 1 is 1.18 bits per heavy atom. The van der Waals surface area contributed by atoms with Crippen molar-refractivity contribution >= 4 is 55.1 Å². The lowest BCUT2D eigenvalue weighted by molar-refractivity contribution is -0.110. The van der Waals surface area contributed by atoms with Crippen molar-refractivity contribution in [1.29, 1.82) is 5.26 Å². The van der Waals surface area contributed by atoms with E-state index >= 15 is 0 Å². The van der Waals surface area contributed by atoms with E-state index in [1.165, 1.54) is 0 Å². The lowest BCUT2D eigenvalue weighted by Crippen LogP contribution is -2.03. The Morgan fingerprint density at radius 2 is 1.86 bits per heavy atom. The number of phenols is 1. The van der Waals surface area contributed by atoms with E-state index in [4.69, 9.17) is 5.26 Å². The van der Waals surface area contributed by atoms with Gasteiger partial charge in [0.15, 0.2) is 0 Å². The number of carbonyl (C=O) groups is 1. The zero-order chi connectivity index (χ0) is 15.9. The number of anilines is 1. The third-order valence-electron chi connectivity index (χ3n) is 3.28. The summed E-state index contributed by atoms with van der Waals surface area (Å²) in [5.74, 6) is -0.115. The van der Waals surface area contributed by atoms with Gasteiger partial charge in [0.05, 0.1) is 20.6 Å². The van der Waals surface area contributed by atoms with Gasteiger partial charge >= 0.3 is 0 Å². The van der Waals surface area contributed by atoms with Crippen molar-refractivity contribution in [1.82, 2.24) is 0 Å². The number of nitrogens with zero attached hydrogens (tertiary/aromatic N) is 1. The average Bonchev–Trinajstić information content (AvgIpc) is 2.80. The fraction of sp³-hybridized carbons (Fsp3) is 0. The lowest BCUT2D eigenvalue weighted by Gasteiger charge is -2.04. The van der Waals surface area contributed by atoms with Gasteiger partial charge in [-0.25, -0.2) is 0 Å². The molecular formula is C16H8Br2N2O2. The van der Waals surface area contributed by atoms with Crippen LogP contribution in [0, 0.1) is 11.3 Å². The normalized spacial score (nSPS) is 14.6. The number of halogens is 2. The molecule has 3 rings (SSSR count). The number of nitriles is 1. The van der Waals surface area contributed by atoms with Gasteiger partial charge in [-0.2, -0.15) is 5.26 Å². The summed E-state index contributed by atoms with van der Waals surface area (Å²) in [6.45, 7) is 0. The Kier molecular flexibility index (Phi) is 3.77. The standard InChI is InChI=1S/C16H8Br2N2O2/c17-12-5-9(6-13(18)15(12)21)4-11-10-3-8(7-19)1-2-14(10)20-16(11)22/h1-6,21H,(H,20,22). The summed E-state index contributed by atoms with van der Waals surface area (Å²) in [4.78, 5) is 12.1. The molecule has 1 aliphatic rings. The summed E-state index contributed by atoms with van der Waals surface area (Å²) in [6, 6.07) is 10.6. The Hall–Kier alpha value is -2.10. The molecule has 1 amide bonds. The molecule has 0 bridgehead atoms. The van der Waals surface area contributed by atoms with Crippen LogP contribution >= 0.6 is 31.9 Å². The number of phenolic OH excluding ortho intramolecular Hbond substituents is 1. The van der Waals surface area contributed by atoms with E-state index in [1.807, 2.05) is 0 Å². The van der Waals surface area contributed by atoms with Crippen molar-refractivity contribution in [2.24, 2.45) is 0 Å². The molecule has 0 aliphatic carbocycles. The number of amides is 1. The number of benzene rings is 2. The molecule has 1 aliphatic heterocycles. The largest absolute Gasteiger partial charge is 0.506 e. The Balaban J connectivity index is 2.14. The molecule has 0 unspecified atom stereocenters. The fourth-order valence-electron chi connectivity index (χ4n) is 2.24. The van der Waals surface area contributed by atoms with Crippen LogP contribution in [0.4, 0.5) is 5.69 Å². The summed E-state index contributed by atoms with van der Waals surface area (Å²) in [6.07, 6.45) is 1.72. The maximum Gasteiger partial charge on any atom is 0.256 e. The van der Waals surface area contributed by atoms with Crippen LogP contribution in [0.5, 0.6) is 5.75 Å². The predicted molar refractivity (Wildman–Crippen MR) is 91.2 cm³/mol. The van der Waals surface area contributed by atoms with E-state index in [0.29, 0.717) is 31.3 Å². The number of aromatic hydroxyl groups is 1.